The highest BCUT2D eigenvalue weighted by Crippen LogP contribution is 2.38. The molecule has 1 fully saturated rings. The molecule has 0 saturated carbocycles. The number of thioether (sulfide) groups is 1. The van der Waals surface area contributed by atoms with Gasteiger partial charge < -0.3 is 19.1 Å². The quantitative estimate of drug-likeness (QED) is 0.489. The second kappa shape index (κ2) is 9.70. The van der Waals surface area contributed by atoms with Gasteiger partial charge in [0.2, 0.25) is 11.1 Å². The maximum Gasteiger partial charge on any atom is 0.233 e. The molecule has 2 aliphatic rings. The Kier molecular flexibility index (Phi) is 6.34. The summed E-state index contributed by atoms with van der Waals surface area (Å²) < 4.78 is 18.7. The van der Waals surface area contributed by atoms with E-state index in [0.717, 1.165) is 42.1 Å². The molecule has 33 heavy (non-hydrogen) atoms. The average Bonchev–Trinajstić information content (AvgIpc) is 3.53. The highest BCUT2D eigenvalue weighted by Gasteiger charge is 2.31. The molecular weight excluding hydrogens is 442 g/mol. The monoisotopic (exact) mass is 467 g/mol. The predicted octanol–water partition coefficient (Wildman–Crippen LogP) is 3.29. The van der Waals surface area contributed by atoms with Gasteiger partial charge in [-0.15, -0.1) is 5.10 Å². The lowest BCUT2D eigenvalue weighted by molar-refractivity contribution is -0.129. The molecule has 2 aromatic carbocycles. The summed E-state index contributed by atoms with van der Waals surface area (Å²) >= 11 is 1.33. The van der Waals surface area contributed by atoms with Gasteiger partial charge in [-0.05, 0) is 60.0 Å². The first kappa shape index (κ1) is 21.6. The van der Waals surface area contributed by atoms with Crippen molar-refractivity contribution in [2.75, 3.05) is 32.1 Å². The molecule has 1 unspecified atom stereocenters. The first-order chi connectivity index (χ1) is 16.2. The fourth-order valence-corrected chi connectivity index (χ4v) is 4.99. The Morgan fingerprint density at radius 3 is 2.91 bits per heavy atom. The van der Waals surface area contributed by atoms with E-state index in [1.807, 2.05) is 54.3 Å². The summed E-state index contributed by atoms with van der Waals surface area (Å²) in [5, 5.41) is 12.6. The summed E-state index contributed by atoms with van der Waals surface area (Å²) in [7, 11) is 0. The number of tetrazole rings is 1. The molecule has 10 heteroatoms. The van der Waals surface area contributed by atoms with Gasteiger partial charge >= 0.3 is 0 Å². The highest BCUT2D eigenvalue weighted by molar-refractivity contribution is 7.99. The Bertz CT molecular complexity index is 1140. The summed E-state index contributed by atoms with van der Waals surface area (Å²) in [4.78, 5) is 15.1. The fraction of sp³-hybridized carbons (Fsp3) is 0.391. The number of fused-ring (bicyclic) bond motifs is 1. The number of rotatable bonds is 7. The minimum absolute atomic E-state index is 0.0311. The molecule has 0 aliphatic carbocycles. The third kappa shape index (κ3) is 4.47. The minimum atomic E-state index is 0.0311. The summed E-state index contributed by atoms with van der Waals surface area (Å²) in [6.45, 7) is 4.31. The number of carbonyl (C=O) groups is 1. The van der Waals surface area contributed by atoms with E-state index in [2.05, 4.69) is 15.5 Å². The van der Waals surface area contributed by atoms with Gasteiger partial charge in [0.1, 0.15) is 24.7 Å². The van der Waals surface area contributed by atoms with Crippen LogP contribution < -0.4 is 14.2 Å². The summed E-state index contributed by atoms with van der Waals surface area (Å²) in [5.41, 5.74) is 1.82. The van der Waals surface area contributed by atoms with Crippen LogP contribution in [0.1, 0.15) is 31.4 Å². The molecule has 1 amide bonds. The Balaban J connectivity index is 1.29. The summed E-state index contributed by atoms with van der Waals surface area (Å²) in [6.07, 6.45) is 1.89. The normalized spacial score (nSPS) is 17.2. The van der Waals surface area contributed by atoms with E-state index in [4.69, 9.17) is 14.2 Å². The van der Waals surface area contributed by atoms with Gasteiger partial charge in [0, 0.05) is 6.54 Å². The zero-order valence-corrected chi connectivity index (χ0v) is 19.2. The number of amides is 1. The number of ether oxygens (including phenoxy) is 3. The van der Waals surface area contributed by atoms with E-state index in [9.17, 15) is 4.79 Å². The van der Waals surface area contributed by atoms with Crippen molar-refractivity contribution in [1.82, 2.24) is 25.1 Å². The van der Waals surface area contributed by atoms with Crippen LogP contribution in [0.5, 0.6) is 17.2 Å². The van der Waals surface area contributed by atoms with Crippen LogP contribution >= 0.6 is 11.8 Å². The van der Waals surface area contributed by atoms with Crippen LogP contribution in [-0.4, -0.2) is 63.1 Å². The van der Waals surface area contributed by atoms with E-state index in [-0.39, 0.29) is 17.7 Å². The van der Waals surface area contributed by atoms with E-state index in [1.54, 1.807) is 4.68 Å². The maximum absolute atomic E-state index is 13.2. The first-order valence-corrected chi connectivity index (χ1v) is 12.1. The van der Waals surface area contributed by atoms with Crippen molar-refractivity contribution in [3.8, 4) is 22.9 Å². The van der Waals surface area contributed by atoms with Crippen LogP contribution in [0.2, 0.25) is 0 Å². The molecule has 3 aromatic rings. The zero-order chi connectivity index (χ0) is 22.6. The van der Waals surface area contributed by atoms with Gasteiger partial charge in [-0.25, -0.2) is 0 Å². The lowest BCUT2D eigenvalue weighted by Crippen LogP contribution is -2.32. The number of carbonyl (C=O) groups excluding carboxylic acids is 1. The highest BCUT2D eigenvalue weighted by atomic mass is 32.2. The molecule has 3 heterocycles. The SMILES string of the molecule is CCOc1ccccc1-n1nnnc1SCC(=O)N1CCCC1c1ccc2c(c1)OCCO2. The third-order valence-corrected chi connectivity index (χ3v) is 6.59. The van der Waals surface area contributed by atoms with Gasteiger partial charge in [-0.1, -0.05) is 30.0 Å². The molecule has 0 radical (unpaired) electrons. The van der Waals surface area contributed by atoms with Gasteiger partial charge in [-0.3, -0.25) is 4.79 Å². The van der Waals surface area contributed by atoms with Crippen LogP contribution in [0.25, 0.3) is 5.69 Å². The molecule has 5 rings (SSSR count). The van der Waals surface area contributed by atoms with E-state index in [1.165, 1.54) is 11.8 Å². The summed E-state index contributed by atoms with van der Waals surface area (Å²) in [5.74, 6) is 2.51. The van der Waals surface area contributed by atoms with E-state index in [0.29, 0.717) is 30.7 Å². The lowest BCUT2D eigenvalue weighted by atomic mass is 10.0. The molecule has 0 spiro atoms. The standard InChI is InChI=1S/C23H25N5O4S/c1-2-30-19-8-4-3-6-18(19)28-23(24-25-26-28)33-15-22(29)27-11-5-7-17(27)16-9-10-20-21(14-16)32-13-12-31-20/h3-4,6,8-10,14,17H,2,5,7,11-13,15H2,1H3. The van der Waals surface area contributed by atoms with Crippen molar-refractivity contribution >= 4 is 17.7 Å². The van der Waals surface area contributed by atoms with Crippen LogP contribution in [0.3, 0.4) is 0 Å². The molecule has 0 bridgehead atoms. The zero-order valence-electron chi connectivity index (χ0n) is 18.3. The van der Waals surface area contributed by atoms with Crippen molar-refractivity contribution in [2.24, 2.45) is 0 Å². The lowest BCUT2D eigenvalue weighted by Gasteiger charge is -2.26. The average molecular weight is 468 g/mol. The Labute approximate surface area is 196 Å². The van der Waals surface area contributed by atoms with Crippen LogP contribution in [0.4, 0.5) is 0 Å². The second-order valence-electron chi connectivity index (χ2n) is 7.71. The van der Waals surface area contributed by atoms with Gasteiger partial charge in [0.05, 0.1) is 18.4 Å². The van der Waals surface area contributed by atoms with Crippen LogP contribution in [0, 0.1) is 0 Å². The molecule has 0 N–H and O–H groups in total. The fourth-order valence-electron chi connectivity index (χ4n) is 4.22. The Hall–Kier alpha value is -3.27. The van der Waals surface area contributed by atoms with Crippen molar-refractivity contribution in [3.63, 3.8) is 0 Å². The molecular formula is C23H25N5O4S. The van der Waals surface area contributed by atoms with Crippen LogP contribution in [0.15, 0.2) is 47.6 Å². The molecule has 1 atom stereocenters. The number of likely N-dealkylation sites (tertiary alicyclic amines) is 1. The van der Waals surface area contributed by atoms with Gasteiger partial charge in [0.25, 0.3) is 0 Å². The molecule has 1 saturated heterocycles. The smallest absolute Gasteiger partial charge is 0.233 e. The largest absolute Gasteiger partial charge is 0.492 e. The van der Waals surface area contributed by atoms with Crippen molar-refractivity contribution < 1.29 is 19.0 Å². The molecule has 172 valence electrons. The van der Waals surface area contributed by atoms with Gasteiger partial charge in [-0.2, -0.15) is 4.68 Å². The van der Waals surface area contributed by atoms with Crippen LogP contribution in [-0.2, 0) is 4.79 Å². The Morgan fingerprint density at radius 1 is 1.18 bits per heavy atom. The number of hydrogen-bond acceptors (Lipinski definition) is 8. The van der Waals surface area contributed by atoms with Crippen molar-refractivity contribution in [2.45, 2.75) is 31.0 Å². The number of benzene rings is 2. The van der Waals surface area contributed by atoms with E-state index >= 15 is 0 Å². The number of nitrogens with zero attached hydrogens (tertiary/aromatic N) is 5. The third-order valence-electron chi connectivity index (χ3n) is 5.68. The van der Waals surface area contributed by atoms with E-state index < -0.39 is 0 Å². The molecule has 9 nitrogen and oxygen atoms in total. The van der Waals surface area contributed by atoms with Gasteiger partial charge in [0.15, 0.2) is 11.5 Å². The Morgan fingerprint density at radius 2 is 2.03 bits per heavy atom. The number of hydrogen-bond donors (Lipinski definition) is 0. The number of para-hydroxylation sites is 2. The molecule has 1 aromatic heterocycles. The second-order valence-corrected chi connectivity index (χ2v) is 8.65. The molecule has 2 aliphatic heterocycles. The maximum atomic E-state index is 13.2. The summed E-state index contributed by atoms with van der Waals surface area (Å²) in [6, 6.07) is 13.6. The topological polar surface area (TPSA) is 91.6 Å². The van der Waals surface area contributed by atoms with Crippen molar-refractivity contribution in [1.29, 1.82) is 0 Å². The minimum Gasteiger partial charge on any atom is -0.492 e. The first-order valence-electron chi connectivity index (χ1n) is 11.1. The predicted molar refractivity (Wildman–Crippen MR) is 122 cm³/mol. The number of aromatic nitrogens is 4. The van der Waals surface area contributed by atoms with Crippen molar-refractivity contribution in [3.05, 3.63) is 48.0 Å².